The largest absolute Gasteiger partial charge is 0.478 e. The number of carbonyl (C=O) groups is 2. The van der Waals surface area contributed by atoms with Gasteiger partial charge in [-0.05, 0) is 40.3 Å². The summed E-state index contributed by atoms with van der Waals surface area (Å²) in [5.41, 5.74) is 16.3. The number of ether oxygens (including phenoxy) is 5. The first-order chi connectivity index (χ1) is 25.7. The minimum Gasteiger partial charge on any atom is -0.478 e. The number of carboxylic acids is 1. The second-order valence-electron chi connectivity index (χ2n) is 10.8. The van der Waals surface area contributed by atoms with Gasteiger partial charge in [0, 0.05) is 14.2 Å². The molecule has 0 saturated carbocycles. The lowest BCUT2D eigenvalue weighted by atomic mass is 10.1. The molecule has 2 aromatic carbocycles. The second kappa shape index (κ2) is 22.5. The number of imidazole rings is 2. The molecule has 0 aliphatic carbocycles. The molecule has 18 nitrogen and oxygen atoms in total. The molecule has 55 heavy (non-hydrogen) atoms. The first-order valence-electron chi connectivity index (χ1n) is 15.8. The molecule has 4 aromatic heterocycles. The minimum absolute atomic E-state index is 0. The third-order valence-corrected chi connectivity index (χ3v) is 7.21. The fourth-order valence-electron chi connectivity index (χ4n) is 4.79. The summed E-state index contributed by atoms with van der Waals surface area (Å²) in [6, 6.07) is 14.1. The number of aromatic nitrogens is 8. The van der Waals surface area contributed by atoms with E-state index in [9.17, 15) is 9.59 Å². The summed E-state index contributed by atoms with van der Waals surface area (Å²) in [5.74, 6) is -0.902. The number of carboxylic acid groups (broad SMARTS) is 1. The van der Waals surface area contributed by atoms with Gasteiger partial charge in [-0.25, -0.2) is 19.6 Å². The van der Waals surface area contributed by atoms with Crippen molar-refractivity contribution in [3.05, 3.63) is 83.4 Å². The Morgan fingerprint density at radius 3 is 1.55 bits per heavy atom. The van der Waals surface area contributed by atoms with Gasteiger partial charge in [-0.1, -0.05) is 61.7 Å². The third-order valence-electron chi connectivity index (χ3n) is 7.21. The van der Waals surface area contributed by atoms with E-state index in [-0.39, 0.29) is 50.0 Å². The van der Waals surface area contributed by atoms with Crippen LogP contribution in [0.4, 0.5) is 11.6 Å². The van der Waals surface area contributed by atoms with Crippen molar-refractivity contribution < 1.29 is 38.4 Å². The zero-order valence-corrected chi connectivity index (χ0v) is 31.6. The number of aromatic carboxylic acids is 1. The number of halogens is 1. The van der Waals surface area contributed by atoms with Crippen molar-refractivity contribution in [2.45, 2.75) is 27.9 Å². The predicted molar refractivity (Wildman–Crippen MR) is 217 cm³/mol. The molecular formula is C36H47IN10O8. The molecule has 0 atom stereocenters. The third kappa shape index (κ3) is 12.2. The molecule has 0 radical (unpaired) electrons. The fraction of sp³-hybridized carbons (Fsp3) is 0.333. The zero-order valence-electron chi connectivity index (χ0n) is 29.4. The highest BCUT2D eigenvalue weighted by atomic mass is 127. The van der Waals surface area contributed by atoms with Crippen LogP contribution in [-0.4, -0.2) is 109 Å². The molecule has 0 spiro atoms. The average molecular weight is 875 g/mol. The van der Waals surface area contributed by atoms with E-state index in [1.165, 1.54) is 7.11 Å². The number of alkyl halides is 1. The highest BCUT2D eigenvalue weighted by Crippen LogP contribution is 2.22. The summed E-state index contributed by atoms with van der Waals surface area (Å²) in [7, 11) is 4.50. The number of rotatable bonds is 14. The number of methoxy groups -OCH3 is 3. The number of nitrogens with zero attached hydrogens (tertiary/aromatic N) is 8. The van der Waals surface area contributed by atoms with E-state index in [1.54, 1.807) is 67.8 Å². The summed E-state index contributed by atoms with van der Waals surface area (Å²) in [4.78, 5) is 50.1. The summed E-state index contributed by atoms with van der Waals surface area (Å²) in [6.07, 6.45) is 3.21. The molecule has 0 saturated heterocycles. The molecule has 4 heterocycles. The van der Waals surface area contributed by atoms with Crippen LogP contribution in [-0.2, 0) is 27.3 Å². The molecule has 0 amide bonds. The van der Waals surface area contributed by atoms with Crippen LogP contribution in [0, 0.1) is 0 Å². The van der Waals surface area contributed by atoms with Crippen LogP contribution in [0.1, 0.15) is 46.7 Å². The Labute approximate surface area is 332 Å². The average Bonchev–Trinajstić information content (AvgIpc) is 3.77. The highest BCUT2D eigenvalue weighted by Gasteiger charge is 2.15. The van der Waals surface area contributed by atoms with Crippen molar-refractivity contribution in [2.75, 3.05) is 64.2 Å². The number of nitrogens with two attached hydrogens (primary N) is 2. The molecule has 0 aliphatic rings. The zero-order chi connectivity index (χ0) is 38.3. The van der Waals surface area contributed by atoms with E-state index in [4.69, 9.17) is 40.3 Å². The van der Waals surface area contributed by atoms with Crippen LogP contribution in [0.15, 0.2) is 61.2 Å². The number of benzene rings is 2. The molecule has 6 rings (SSSR count). The maximum atomic E-state index is 11.7. The Morgan fingerprint density at radius 2 is 1.13 bits per heavy atom. The topological polar surface area (TPSA) is 240 Å². The van der Waals surface area contributed by atoms with E-state index in [0.717, 1.165) is 11.1 Å². The molecule has 5 N–H and O–H groups in total. The van der Waals surface area contributed by atoms with Gasteiger partial charge in [-0.2, -0.15) is 19.9 Å². The van der Waals surface area contributed by atoms with Gasteiger partial charge in [0.2, 0.25) is 0 Å². The Bertz CT molecular complexity index is 2140. The Balaban J connectivity index is 0.000000352. The molecule has 0 aliphatic heterocycles. The SMILES string of the molecule is C.C.CI.COCCOc1nc(N)c2ncn(Cc3cccc(C(=O)O)c3)c2n1.COCCOc1nc(N)c2ncn(Cc3cccc(C(=O)OC)c3)c2n1. The lowest BCUT2D eigenvalue weighted by Crippen LogP contribution is -2.09. The van der Waals surface area contributed by atoms with Gasteiger partial charge in [-0.15, -0.1) is 0 Å². The summed E-state index contributed by atoms with van der Waals surface area (Å²) in [6.45, 7) is 2.29. The Hall–Kier alpha value is -5.67. The number of nitrogen functional groups attached to an aromatic ring is 2. The van der Waals surface area contributed by atoms with Gasteiger partial charge >= 0.3 is 24.0 Å². The van der Waals surface area contributed by atoms with Gasteiger partial charge in [0.25, 0.3) is 0 Å². The van der Waals surface area contributed by atoms with Crippen molar-refractivity contribution in [1.29, 1.82) is 0 Å². The van der Waals surface area contributed by atoms with Crippen LogP contribution in [0.3, 0.4) is 0 Å². The van der Waals surface area contributed by atoms with Gasteiger partial charge in [0.15, 0.2) is 34.0 Å². The summed E-state index contributed by atoms with van der Waals surface area (Å²) >= 11 is 2.15. The van der Waals surface area contributed by atoms with E-state index in [0.29, 0.717) is 67.4 Å². The van der Waals surface area contributed by atoms with Crippen molar-refractivity contribution in [2.24, 2.45) is 0 Å². The maximum Gasteiger partial charge on any atom is 0.337 e. The van der Waals surface area contributed by atoms with Gasteiger partial charge in [-0.3, -0.25) is 0 Å². The number of hydrogen-bond donors (Lipinski definition) is 3. The smallest absolute Gasteiger partial charge is 0.337 e. The van der Waals surface area contributed by atoms with Crippen molar-refractivity contribution in [3.63, 3.8) is 0 Å². The molecule has 0 unspecified atom stereocenters. The normalized spacial score (nSPS) is 10.2. The van der Waals surface area contributed by atoms with Crippen LogP contribution in [0.25, 0.3) is 22.3 Å². The van der Waals surface area contributed by atoms with Crippen LogP contribution >= 0.6 is 22.6 Å². The predicted octanol–water partition coefficient (Wildman–Crippen LogP) is 4.77. The van der Waals surface area contributed by atoms with E-state index >= 15 is 0 Å². The number of hydrogen-bond acceptors (Lipinski definition) is 15. The number of carbonyl (C=O) groups excluding carboxylic acids is 1. The molecule has 19 heteroatoms. The molecule has 6 aromatic rings. The quantitative estimate of drug-likeness (QED) is 0.0578. The first-order valence-corrected chi connectivity index (χ1v) is 17.9. The number of esters is 1. The maximum absolute atomic E-state index is 11.7. The number of anilines is 2. The van der Waals surface area contributed by atoms with E-state index < -0.39 is 5.97 Å². The van der Waals surface area contributed by atoms with E-state index in [2.05, 4.69) is 52.5 Å². The van der Waals surface area contributed by atoms with Crippen LogP contribution < -0.4 is 20.9 Å². The summed E-state index contributed by atoms with van der Waals surface area (Å²) in [5, 5.41) is 9.10. The molecule has 296 valence electrons. The van der Waals surface area contributed by atoms with Crippen LogP contribution in [0.2, 0.25) is 0 Å². The van der Waals surface area contributed by atoms with Gasteiger partial charge in [0.05, 0.1) is 57.2 Å². The second-order valence-corrected chi connectivity index (χ2v) is 10.8. The van der Waals surface area contributed by atoms with Crippen molar-refractivity contribution >= 4 is 68.5 Å². The monoisotopic (exact) mass is 874 g/mol. The van der Waals surface area contributed by atoms with Gasteiger partial charge in [0.1, 0.15) is 13.2 Å². The Kier molecular flexibility index (Phi) is 18.6. The lowest BCUT2D eigenvalue weighted by Gasteiger charge is -2.08. The lowest BCUT2D eigenvalue weighted by molar-refractivity contribution is 0.0599. The van der Waals surface area contributed by atoms with E-state index in [1.807, 2.05) is 21.6 Å². The van der Waals surface area contributed by atoms with Crippen molar-refractivity contribution in [1.82, 2.24) is 39.0 Å². The number of fused-ring (bicyclic) bond motifs is 2. The van der Waals surface area contributed by atoms with Crippen LogP contribution in [0.5, 0.6) is 12.0 Å². The summed E-state index contributed by atoms with van der Waals surface area (Å²) < 4.78 is 29.1. The molecule has 0 bridgehead atoms. The highest BCUT2D eigenvalue weighted by molar-refractivity contribution is 14.1. The first kappa shape index (κ1) is 45.5. The molecule has 0 fully saturated rings. The van der Waals surface area contributed by atoms with Crippen molar-refractivity contribution in [3.8, 4) is 12.0 Å². The standard InChI is InChI=1S/C17H19N5O4.C16H17N5O4.CH3I.2CH4/c1-24-6-7-26-17-20-14(18)13-15(21-17)22(10-19-13)9-11-4-3-5-12(8-11)16(23)25-2;1-24-5-6-25-16-19-13(17)12-14(20-16)21(9-18-12)8-10-3-2-4-11(7-10)15(22)23;1-2;;/h3-5,8,10H,6-7,9H2,1-2H3,(H2,18,20,21);2-4,7,9H,5-6,8H2,1H3,(H,22,23)(H2,17,19,20);1H3;2*1H4. The van der Waals surface area contributed by atoms with Gasteiger partial charge < -0.3 is 49.4 Å². The molecular weight excluding hydrogens is 827 g/mol. The Morgan fingerprint density at radius 1 is 0.691 bits per heavy atom. The fourth-order valence-corrected chi connectivity index (χ4v) is 4.79. The minimum atomic E-state index is -0.974.